The van der Waals surface area contributed by atoms with Crippen LogP contribution in [-0.4, -0.2) is 47.3 Å². The van der Waals surface area contributed by atoms with Crippen molar-refractivity contribution >= 4 is 29.1 Å². The maximum Gasteiger partial charge on any atom is 0.338 e. The predicted molar refractivity (Wildman–Crippen MR) is 105 cm³/mol. The molecule has 7 heteroatoms. The Hall–Kier alpha value is -2.67. The van der Waals surface area contributed by atoms with Crippen molar-refractivity contribution in [3.63, 3.8) is 0 Å². The van der Waals surface area contributed by atoms with E-state index in [1.165, 1.54) is 10.4 Å². The monoisotopic (exact) mass is 398 g/mol. The Balaban J connectivity index is 1.32. The lowest BCUT2D eigenvalue weighted by molar-refractivity contribution is -0.135. The number of hydrogen-bond donors (Lipinski definition) is 0. The van der Waals surface area contributed by atoms with Gasteiger partial charge in [0.25, 0.3) is 5.91 Å². The van der Waals surface area contributed by atoms with Crippen LogP contribution in [0.3, 0.4) is 0 Å². The lowest BCUT2D eigenvalue weighted by atomic mass is 10.1. The van der Waals surface area contributed by atoms with Crippen molar-refractivity contribution < 1.29 is 19.1 Å². The Bertz CT molecular complexity index is 907. The smallest absolute Gasteiger partial charge is 0.338 e. The summed E-state index contributed by atoms with van der Waals surface area (Å²) in [5.41, 5.74) is 2.47. The number of esters is 1. The number of likely N-dealkylation sites (tertiary alicyclic amines) is 1. The van der Waals surface area contributed by atoms with Crippen LogP contribution >= 0.6 is 11.3 Å². The van der Waals surface area contributed by atoms with Gasteiger partial charge in [-0.3, -0.25) is 9.59 Å². The van der Waals surface area contributed by atoms with Crippen LogP contribution in [0.4, 0.5) is 0 Å². The predicted octanol–water partition coefficient (Wildman–Crippen LogP) is 2.61. The molecule has 1 aromatic carbocycles. The molecule has 146 valence electrons. The van der Waals surface area contributed by atoms with Gasteiger partial charge >= 0.3 is 5.97 Å². The zero-order valence-corrected chi connectivity index (χ0v) is 16.4. The van der Waals surface area contributed by atoms with E-state index < -0.39 is 5.97 Å². The summed E-state index contributed by atoms with van der Waals surface area (Å²) in [4.78, 5) is 41.4. The van der Waals surface area contributed by atoms with Crippen LogP contribution in [0.1, 0.15) is 39.2 Å². The number of amides is 2. The van der Waals surface area contributed by atoms with Crippen molar-refractivity contribution in [2.24, 2.45) is 0 Å². The molecule has 2 amide bonds. The second-order valence-corrected chi connectivity index (χ2v) is 8.13. The largest absolute Gasteiger partial charge is 0.452 e. The van der Waals surface area contributed by atoms with Crippen molar-refractivity contribution in [3.8, 4) is 0 Å². The third-order valence-corrected chi connectivity index (χ3v) is 6.22. The molecular weight excluding hydrogens is 376 g/mol. The molecule has 4 rings (SSSR count). The highest BCUT2D eigenvalue weighted by Gasteiger charge is 2.23. The summed E-state index contributed by atoms with van der Waals surface area (Å²) in [7, 11) is 0. The molecule has 0 bridgehead atoms. The molecular formula is C21H22N2O4S. The first-order valence-electron chi connectivity index (χ1n) is 9.47. The summed E-state index contributed by atoms with van der Waals surface area (Å²) in [6, 6.07) is 9.11. The summed E-state index contributed by atoms with van der Waals surface area (Å²) in [6.07, 6.45) is 2.32. The van der Waals surface area contributed by atoms with Crippen molar-refractivity contribution in [1.82, 2.24) is 9.80 Å². The number of nitrogens with zero attached hydrogens (tertiary/aromatic N) is 2. The molecule has 1 saturated heterocycles. The molecule has 0 atom stereocenters. The molecule has 2 aliphatic heterocycles. The van der Waals surface area contributed by atoms with Crippen LogP contribution in [-0.2, 0) is 33.8 Å². The van der Waals surface area contributed by atoms with Gasteiger partial charge in [-0.15, -0.1) is 11.3 Å². The van der Waals surface area contributed by atoms with Gasteiger partial charge in [0.05, 0.1) is 5.56 Å². The number of benzene rings is 1. The van der Waals surface area contributed by atoms with Gasteiger partial charge in [-0.1, -0.05) is 12.1 Å². The molecule has 28 heavy (non-hydrogen) atoms. The topological polar surface area (TPSA) is 66.9 Å². The quantitative estimate of drug-likeness (QED) is 0.726. The Kier molecular flexibility index (Phi) is 5.43. The highest BCUT2D eigenvalue weighted by Crippen LogP contribution is 2.24. The second-order valence-electron chi connectivity index (χ2n) is 7.13. The highest BCUT2D eigenvalue weighted by molar-refractivity contribution is 7.10. The van der Waals surface area contributed by atoms with Gasteiger partial charge in [0.1, 0.15) is 0 Å². The highest BCUT2D eigenvalue weighted by atomic mass is 32.1. The molecule has 3 heterocycles. The van der Waals surface area contributed by atoms with Crippen molar-refractivity contribution in [2.75, 3.05) is 19.7 Å². The number of hydrogen-bond acceptors (Lipinski definition) is 5. The number of fused-ring (bicyclic) bond motifs is 1. The van der Waals surface area contributed by atoms with E-state index in [9.17, 15) is 14.4 Å². The summed E-state index contributed by atoms with van der Waals surface area (Å²) < 4.78 is 5.25. The van der Waals surface area contributed by atoms with Crippen LogP contribution in [0.2, 0.25) is 0 Å². The first kappa shape index (κ1) is 18.7. The number of carbonyl (C=O) groups is 3. The van der Waals surface area contributed by atoms with Gasteiger partial charge in [0, 0.05) is 37.5 Å². The standard InChI is InChI=1S/C21H22N2O4S/c24-19-5-2-8-22(19)12-15-3-1-4-16(11-15)21(26)27-14-20(25)23-9-6-18-17(13-23)7-10-28-18/h1,3-4,7,10-11H,2,5-6,8-9,12-14H2. The van der Waals surface area contributed by atoms with Crippen molar-refractivity contribution in [1.29, 1.82) is 0 Å². The molecule has 0 N–H and O–H groups in total. The van der Waals surface area contributed by atoms with Gasteiger partial charge in [0.2, 0.25) is 5.91 Å². The minimum Gasteiger partial charge on any atom is -0.452 e. The van der Waals surface area contributed by atoms with Gasteiger partial charge in [-0.2, -0.15) is 0 Å². The SMILES string of the molecule is O=C(OCC(=O)N1CCc2sccc2C1)c1cccc(CN2CCCC2=O)c1. The minimum absolute atomic E-state index is 0.147. The second kappa shape index (κ2) is 8.14. The van der Waals surface area contributed by atoms with E-state index in [2.05, 4.69) is 0 Å². The van der Waals surface area contributed by atoms with Crippen LogP contribution in [0, 0.1) is 0 Å². The normalized spacial score (nSPS) is 16.2. The van der Waals surface area contributed by atoms with E-state index in [1.807, 2.05) is 17.5 Å². The van der Waals surface area contributed by atoms with Crippen LogP contribution in [0.5, 0.6) is 0 Å². The fourth-order valence-electron chi connectivity index (χ4n) is 3.65. The molecule has 0 radical (unpaired) electrons. The Labute approximate surface area is 167 Å². The van der Waals surface area contributed by atoms with Crippen molar-refractivity contribution in [3.05, 3.63) is 57.3 Å². The molecule has 0 spiro atoms. The van der Waals surface area contributed by atoms with Gasteiger partial charge in [0.15, 0.2) is 6.61 Å². The van der Waals surface area contributed by atoms with E-state index in [-0.39, 0.29) is 18.4 Å². The molecule has 2 aliphatic rings. The zero-order valence-electron chi connectivity index (χ0n) is 15.6. The lowest BCUT2D eigenvalue weighted by Crippen LogP contribution is -2.38. The molecule has 0 saturated carbocycles. The van der Waals surface area contributed by atoms with Gasteiger partial charge < -0.3 is 14.5 Å². The minimum atomic E-state index is -0.517. The fourth-order valence-corrected chi connectivity index (χ4v) is 4.54. The molecule has 0 unspecified atom stereocenters. The first-order chi connectivity index (χ1) is 13.6. The number of rotatable bonds is 5. The summed E-state index contributed by atoms with van der Waals surface area (Å²) in [5.74, 6) is -0.547. The summed E-state index contributed by atoms with van der Waals surface area (Å²) >= 11 is 1.72. The molecule has 2 aromatic rings. The Morgan fingerprint density at radius 2 is 2.04 bits per heavy atom. The van der Waals surface area contributed by atoms with Crippen LogP contribution in [0.25, 0.3) is 0 Å². The first-order valence-corrected chi connectivity index (χ1v) is 10.3. The third kappa shape index (κ3) is 4.09. The van der Waals surface area contributed by atoms with Gasteiger partial charge in [-0.25, -0.2) is 4.79 Å². The van der Waals surface area contributed by atoms with Crippen LogP contribution < -0.4 is 0 Å². The Morgan fingerprint density at radius 3 is 2.86 bits per heavy atom. The lowest BCUT2D eigenvalue weighted by Gasteiger charge is -2.26. The zero-order chi connectivity index (χ0) is 19.5. The van der Waals surface area contributed by atoms with Crippen molar-refractivity contribution in [2.45, 2.75) is 32.4 Å². The van der Waals surface area contributed by atoms with Gasteiger partial charge in [-0.05, 0) is 47.5 Å². The average Bonchev–Trinajstić information content (AvgIpc) is 3.34. The summed E-state index contributed by atoms with van der Waals surface area (Å²) in [5, 5.41) is 2.04. The average molecular weight is 398 g/mol. The van der Waals surface area contributed by atoms with E-state index in [0.29, 0.717) is 31.6 Å². The maximum atomic E-state index is 12.4. The van der Waals surface area contributed by atoms with E-state index in [1.54, 1.807) is 39.3 Å². The molecule has 1 fully saturated rings. The molecule has 0 aliphatic carbocycles. The van der Waals surface area contributed by atoms with E-state index >= 15 is 0 Å². The number of carbonyl (C=O) groups excluding carboxylic acids is 3. The Morgan fingerprint density at radius 1 is 1.14 bits per heavy atom. The third-order valence-electron chi connectivity index (χ3n) is 5.19. The van der Waals surface area contributed by atoms with Crippen LogP contribution in [0.15, 0.2) is 35.7 Å². The van der Waals surface area contributed by atoms with E-state index in [0.717, 1.165) is 24.9 Å². The number of ether oxygens (including phenoxy) is 1. The van der Waals surface area contributed by atoms with E-state index in [4.69, 9.17) is 4.74 Å². The molecule has 1 aromatic heterocycles. The molecule has 6 nitrogen and oxygen atoms in total. The fraction of sp³-hybridized carbons (Fsp3) is 0.381. The summed E-state index contributed by atoms with van der Waals surface area (Å²) in [6.45, 7) is 2.23. The number of thiophene rings is 1. The maximum absolute atomic E-state index is 12.4.